The Morgan fingerprint density at radius 1 is 1.16 bits per heavy atom. The summed E-state index contributed by atoms with van der Waals surface area (Å²) >= 11 is 0. The van der Waals surface area contributed by atoms with Crippen LogP contribution in [0.3, 0.4) is 0 Å². The first kappa shape index (κ1) is 48.7. The number of benzene rings is 1. The molecule has 326 valence electrons. The number of esters is 2. The molecule has 0 spiro atoms. The zero-order valence-corrected chi connectivity index (χ0v) is 35.5. The number of aliphatic hydroxyl groups excluding tert-OH is 1. The van der Waals surface area contributed by atoms with Gasteiger partial charge in [-0.2, -0.15) is 0 Å². The van der Waals surface area contributed by atoms with Crippen LogP contribution in [0.25, 0.3) is 0 Å². The quantitative estimate of drug-likeness (QED) is 0.0579. The van der Waals surface area contributed by atoms with Crippen LogP contribution in [0.1, 0.15) is 86.1 Å². The molecule has 14 heteroatoms. The lowest BCUT2D eigenvalue weighted by atomic mass is 9.87. The summed E-state index contributed by atoms with van der Waals surface area (Å²) in [5, 5.41) is 44.3. The molecule has 14 nitrogen and oxygen atoms in total. The Kier molecular flexibility index (Phi) is 19.5. The summed E-state index contributed by atoms with van der Waals surface area (Å²) in [6.45, 7) is 16.1. The van der Waals surface area contributed by atoms with Crippen molar-refractivity contribution in [1.29, 1.82) is 0 Å². The average molecular weight is 817 g/mol. The lowest BCUT2D eigenvalue weighted by Gasteiger charge is -2.32. The van der Waals surface area contributed by atoms with Crippen LogP contribution in [-0.4, -0.2) is 126 Å². The highest BCUT2D eigenvalue weighted by Crippen LogP contribution is 2.39. The fourth-order valence-corrected chi connectivity index (χ4v) is 7.73. The Bertz CT molecular complexity index is 1510. The van der Waals surface area contributed by atoms with Crippen molar-refractivity contribution in [2.24, 2.45) is 11.8 Å². The Balaban J connectivity index is 0.00000291. The number of allylic oxidation sites excluding steroid dienone is 2. The highest BCUT2D eigenvalue weighted by molar-refractivity contribution is 5.70. The summed E-state index contributed by atoms with van der Waals surface area (Å²) in [7, 11) is 1.72. The molecule has 0 amide bonds. The third kappa shape index (κ3) is 14.9. The third-order valence-electron chi connectivity index (χ3n) is 11.2. The number of carbonyl (C=O) groups excluding carboxylic acids is 2. The monoisotopic (exact) mass is 816 g/mol. The van der Waals surface area contributed by atoms with Gasteiger partial charge in [-0.15, -0.1) is 0 Å². The Morgan fingerprint density at radius 2 is 1.84 bits per heavy atom. The summed E-state index contributed by atoms with van der Waals surface area (Å²) in [6.07, 6.45) is 7.43. The summed E-state index contributed by atoms with van der Waals surface area (Å²) in [5.41, 5.74) is 0.133. The number of epoxide rings is 1. The molecule has 0 saturated carbocycles. The van der Waals surface area contributed by atoms with Crippen molar-refractivity contribution in [3.63, 3.8) is 0 Å². The number of hydrogen-bond acceptors (Lipinski definition) is 13. The van der Waals surface area contributed by atoms with Crippen LogP contribution in [0.15, 0.2) is 60.2 Å². The molecule has 1 aromatic carbocycles. The van der Waals surface area contributed by atoms with Crippen LogP contribution < -0.4 is 10.2 Å². The van der Waals surface area contributed by atoms with Gasteiger partial charge in [0.05, 0.1) is 43.0 Å². The van der Waals surface area contributed by atoms with Crippen LogP contribution in [0.4, 0.5) is 5.69 Å². The molecular formula is C44H68N2O12. The van der Waals surface area contributed by atoms with Gasteiger partial charge in [0.1, 0.15) is 23.9 Å². The van der Waals surface area contributed by atoms with Gasteiger partial charge < -0.3 is 54.3 Å². The second-order valence-electron chi connectivity index (χ2n) is 16.1. The second-order valence-corrected chi connectivity index (χ2v) is 16.1. The summed E-state index contributed by atoms with van der Waals surface area (Å²) < 4.78 is 29.0. The lowest BCUT2D eigenvalue weighted by molar-refractivity contribution is -0.157. The number of carbonyl (C=O) groups is 3. The number of rotatable bonds is 14. The molecule has 3 aliphatic rings. The van der Waals surface area contributed by atoms with E-state index < -0.39 is 47.5 Å². The third-order valence-corrected chi connectivity index (χ3v) is 11.2. The number of carboxylic acid groups (broad SMARTS) is 1. The molecule has 2 saturated heterocycles. The Morgan fingerprint density at radius 3 is 2.48 bits per heavy atom. The average Bonchev–Trinajstić information content (AvgIpc) is 4.00. The Labute approximate surface area is 344 Å². The van der Waals surface area contributed by atoms with Crippen LogP contribution >= 0.6 is 0 Å². The van der Waals surface area contributed by atoms with E-state index in [-0.39, 0.29) is 55.9 Å². The highest BCUT2D eigenvalue weighted by Gasteiger charge is 2.54. The number of nitrogens with one attached hydrogen (secondary N) is 1. The molecule has 3 heterocycles. The molecule has 58 heavy (non-hydrogen) atoms. The predicted octanol–water partition coefficient (Wildman–Crippen LogP) is 4.49. The topological polar surface area (TPSA) is 197 Å². The van der Waals surface area contributed by atoms with E-state index in [2.05, 4.69) is 48.3 Å². The van der Waals surface area contributed by atoms with Crippen molar-refractivity contribution < 1.29 is 58.5 Å². The van der Waals surface area contributed by atoms with Gasteiger partial charge in [0.2, 0.25) is 0 Å². The minimum atomic E-state index is -1.46. The number of anilines is 1. The number of cyclic esters (lactones) is 1. The maximum absolute atomic E-state index is 13.0. The van der Waals surface area contributed by atoms with Crippen molar-refractivity contribution in [3.05, 3.63) is 65.8 Å². The molecule has 0 aromatic heterocycles. The fraction of sp³-hybridized carbons (Fsp3) is 0.659. The molecule has 0 radical (unpaired) electrons. The molecule has 11 atom stereocenters. The van der Waals surface area contributed by atoms with E-state index in [1.165, 1.54) is 6.92 Å². The van der Waals surface area contributed by atoms with E-state index in [1.807, 2.05) is 13.8 Å². The number of hydrogen-bond donors (Lipinski definition) is 5. The second kappa shape index (κ2) is 23.2. The molecule has 4 rings (SSSR count). The minimum Gasteiger partial charge on any atom is -0.483 e. The first-order chi connectivity index (χ1) is 27.5. The van der Waals surface area contributed by atoms with E-state index in [0.29, 0.717) is 12.1 Å². The predicted molar refractivity (Wildman–Crippen MR) is 220 cm³/mol. The van der Waals surface area contributed by atoms with Crippen LogP contribution in [-0.2, 0) is 44.6 Å². The van der Waals surface area contributed by atoms with Gasteiger partial charge >= 0.3 is 11.9 Å². The van der Waals surface area contributed by atoms with Gasteiger partial charge in [0.15, 0.2) is 0 Å². The van der Waals surface area contributed by atoms with Gasteiger partial charge in [-0.1, -0.05) is 57.2 Å². The van der Waals surface area contributed by atoms with Crippen molar-refractivity contribution in [2.45, 2.75) is 141 Å². The SMILES string of the molecule is CC[C@H](OC)[C@@H](C)[C@H]1O[C@@H]1C(NCc1ccc(N2CCCOCC2)cc1)C(C)(O)/C=C/C=C(\C)[C@H]1OC(=O)C[C@H](O)CC[C@@](C)(O)[C@@H](OC(C)=O)/C=C/[C@@H]1C.O=CO. The van der Waals surface area contributed by atoms with Crippen molar-refractivity contribution in [1.82, 2.24) is 5.32 Å². The zero-order valence-electron chi connectivity index (χ0n) is 35.5. The van der Waals surface area contributed by atoms with Gasteiger partial charge in [-0.25, -0.2) is 0 Å². The maximum Gasteiger partial charge on any atom is 0.309 e. The first-order valence-electron chi connectivity index (χ1n) is 20.4. The molecule has 0 aliphatic carbocycles. The molecule has 2 fully saturated rings. The van der Waals surface area contributed by atoms with Gasteiger partial charge in [0.25, 0.3) is 6.47 Å². The van der Waals surface area contributed by atoms with E-state index in [4.69, 9.17) is 33.6 Å². The molecule has 5 N–H and O–H groups in total. The van der Waals surface area contributed by atoms with Crippen molar-refractivity contribution >= 4 is 24.1 Å². The number of ether oxygens (including phenoxy) is 5. The maximum atomic E-state index is 13.0. The van der Waals surface area contributed by atoms with Crippen LogP contribution in [0.5, 0.6) is 0 Å². The molecule has 2 unspecified atom stereocenters. The molecule has 1 aromatic rings. The Hall–Kier alpha value is -3.63. The highest BCUT2D eigenvalue weighted by atomic mass is 16.6. The first-order valence-corrected chi connectivity index (χ1v) is 20.4. The molecule has 3 aliphatic heterocycles. The standard InChI is InChI=1S/C43H66N2O10.CH2O2/c1-9-35(51-8)30(4)39-40(55-39)41(44-27-32-14-16-33(17-15-32)45-22-11-24-52-25-23-45)43(7,50)20-10-12-28(2)38-29(3)13-18-36(53-31(5)46)42(6,49)21-19-34(47)26-37(48)54-38;2-1-3/h10,12-18,20,29-30,34-36,38-41,44,47,49-50H,9,11,19,21-27H2,1-8H3;1H,(H,2,3)/b18-13+,20-10+,28-12+;/t29-,30+,34+,35-,36-,38+,39+,40-,41?,42+,43?;/m0./s1. The van der Waals surface area contributed by atoms with Crippen molar-refractivity contribution in [2.75, 3.05) is 38.3 Å². The fourth-order valence-electron chi connectivity index (χ4n) is 7.73. The summed E-state index contributed by atoms with van der Waals surface area (Å²) in [5.74, 6) is -1.38. The van der Waals surface area contributed by atoms with Gasteiger partial charge in [-0.05, 0) is 75.8 Å². The smallest absolute Gasteiger partial charge is 0.309 e. The lowest BCUT2D eigenvalue weighted by Crippen LogP contribution is -2.52. The van der Waals surface area contributed by atoms with Crippen LogP contribution in [0, 0.1) is 11.8 Å². The number of nitrogens with zero attached hydrogens (tertiary/aromatic N) is 1. The van der Waals surface area contributed by atoms with Gasteiger partial charge in [0, 0.05) is 57.8 Å². The van der Waals surface area contributed by atoms with Crippen molar-refractivity contribution in [3.8, 4) is 0 Å². The minimum absolute atomic E-state index is 0.0277. The summed E-state index contributed by atoms with van der Waals surface area (Å²) in [6, 6.07) is 8.04. The number of aliphatic hydroxyl groups is 3. The van der Waals surface area contributed by atoms with Gasteiger partial charge in [-0.3, -0.25) is 14.4 Å². The number of methoxy groups -OCH3 is 1. The normalized spacial score (nSPS) is 30.4. The van der Waals surface area contributed by atoms with E-state index in [1.54, 1.807) is 51.3 Å². The largest absolute Gasteiger partial charge is 0.483 e. The molecular weight excluding hydrogens is 748 g/mol. The van der Waals surface area contributed by atoms with E-state index in [9.17, 15) is 24.9 Å². The zero-order chi connectivity index (χ0) is 43.0. The summed E-state index contributed by atoms with van der Waals surface area (Å²) in [4.78, 5) is 35.5. The van der Waals surface area contributed by atoms with Crippen LogP contribution in [0.2, 0.25) is 0 Å². The molecule has 0 bridgehead atoms. The van der Waals surface area contributed by atoms with E-state index in [0.717, 1.165) is 50.4 Å². The van der Waals surface area contributed by atoms with E-state index >= 15 is 0 Å².